The Bertz CT molecular complexity index is 596. The van der Waals surface area contributed by atoms with Crippen molar-refractivity contribution >= 4 is 27.5 Å². The molecule has 0 aliphatic heterocycles. The topological polar surface area (TPSA) is 38.3 Å². The molecule has 2 rings (SSSR count). The lowest BCUT2D eigenvalue weighted by Crippen LogP contribution is -2.30. The minimum absolute atomic E-state index is 0.177. The summed E-state index contributed by atoms with van der Waals surface area (Å²) in [6.07, 6.45) is -0.559. The molecular formula is C16H16BrNO2. The number of carbonyl (C=O) groups excluding carboxylic acids is 1. The van der Waals surface area contributed by atoms with Gasteiger partial charge in [0.05, 0.1) is 0 Å². The maximum atomic E-state index is 12.0. The molecule has 3 nitrogen and oxygen atoms in total. The lowest BCUT2D eigenvalue weighted by atomic mass is 10.2. The number of anilines is 1. The quantitative estimate of drug-likeness (QED) is 0.912. The van der Waals surface area contributed by atoms with E-state index in [2.05, 4.69) is 21.2 Å². The number of aryl methyl sites for hydroxylation is 1. The summed E-state index contributed by atoms with van der Waals surface area (Å²) in [6.45, 7) is 3.74. The number of carbonyl (C=O) groups is 1. The second-order valence-corrected chi connectivity index (χ2v) is 5.49. The van der Waals surface area contributed by atoms with Crippen molar-refractivity contribution in [2.24, 2.45) is 0 Å². The van der Waals surface area contributed by atoms with Crippen molar-refractivity contribution in [2.75, 3.05) is 5.32 Å². The Labute approximate surface area is 127 Å². The highest BCUT2D eigenvalue weighted by molar-refractivity contribution is 9.10. The Morgan fingerprint density at radius 1 is 1.20 bits per heavy atom. The van der Waals surface area contributed by atoms with E-state index in [4.69, 9.17) is 4.74 Å². The minimum atomic E-state index is -0.559. The Morgan fingerprint density at radius 2 is 1.90 bits per heavy atom. The molecule has 2 aromatic carbocycles. The van der Waals surface area contributed by atoms with Crippen LogP contribution in [0.15, 0.2) is 53.0 Å². The number of nitrogens with one attached hydrogen (secondary N) is 1. The van der Waals surface area contributed by atoms with Crippen LogP contribution in [0.3, 0.4) is 0 Å². The number of rotatable bonds is 4. The second-order valence-electron chi connectivity index (χ2n) is 4.57. The highest BCUT2D eigenvalue weighted by Gasteiger charge is 2.14. The van der Waals surface area contributed by atoms with Gasteiger partial charge < -0.3 is 10.1 Å². The molecule has 0 fully saturated rings. The zero-order chi connectivity index (χ0) is 14.5. The average Bonchev–Trinajstić information content (AvgIpc) is 2.41. The van der Waals surface area contributed by atoms with Crippen molar-refractivity contribution in [3.8, 4) is 5.75 Å². The predicted octanol–water partition coefficient (Wildman–Crippen LogP) is 4.16. The lowest BCUT2D eigenvalue weighted by molar-refractivity contribution is -0.122. The Morgan fingerprint density at radius 3 is 2.55 bits per heavy atom. The fourth-order valence-electron chi connectivity index (χ4n) is 1.68. The first-order chi connectivity index (χ1) is 9.54. The molecule has 0 radical (unpaired) electrons. The Kier molecular flexibility index (Phi) is 4.79. The average molecular weight is 334 g/mol. The summed E-state index contributed by atoms with van der Waals surface area (Å²) < 4.78 is 6.53. The largest absolute Gasteiger partial charge is 0.481 e. The molecule has 0 saturated heterocycles. The van der Waals surface area contributed by atoms with Crippen LogP contribution in [0.1, 0.15) is 12.5 Å². The zero-order valence-electron chi connectivity index (χ0n) is 11.4. The molecule has 0 bridgehead atoms. The third kappa shape index (κ3) is 4.10. The van der Waals surface area contributed by atoms with Crippen molar-refractivity contribution in [1.82, 2.24) is 0 Å². The van der Waals surface area contributed by atoms with Crippen molar-refractivity contribution in [3.05, 3.63) is 58.6 Å². The van der Waals surface area contributed by atoms with E-state index in [9.17, 15) is 4.79 Å². The molecule has 1 N–H and O–H groups in total. The first-order valence-corrected chi connectivity index (χ1v) is 7.13. The summed E-state index contributed by atoms with van der Waals surface area (Å²) in [6, 6.07) is 15.1. The first-order valence-electron chi connectivity index (χ1n) is 6.34. The summed E-state index contributed by atoms with van der Waals surface area (Å²) in [5.41, 5.74) is 1.90. The van der Waals surface area contributed by atoms with Gasteiger partial charge in [-0.3, -0.25) is 4.79 Å². The number of hydrogen-bond acceptors (Lipinski definition) is 2. The molecule has 0 unspecified atom stereocenters. The van der Waals surface area contributed by atoms with Gasteiger partial charge in [-0.05, 0) is 44.2 Å². The molecule has 2 aromatic rings. The van der Waals surface area contributed by atoms with Crippen molar-refractivity contribution in [1.29, 1.82) is 0 Å². The van der Waals surface area contributed by atoms with E-state index < -0.39 is 6.10 Å². The van der Waals surface area contributed by atoms with E-state index in [1.807, 2.05) is 55.5 Å². The molecule has 104 valence electrons. The third-order valence-electron chi connectivity index (χ3n) is 2.80. The van der Waals surface area contributed by atoms with Crippen LogP contribution in [-0.4, -0.2) is 12.0 Å². The molecule has 0 heterocycles. The van der Waals surface area contributed by atoms with Gasteiger partial charge in [0, 0.05) is 10.2 Å². The molecule has 1 atom stereocenters. The van der Waals surface area contributed by atoms with Crippen LogP contribution in [0.2, 0.25) is 0 Å². The monoisotopic (exact) mass is 333 g/mol. The Hall–Kier alpha value is -1.81. The molecule has 1 amide bonds. The highest BCUT2D eigenvalue weighted by Crippen LogP contribution is 2.17. The van der Waals surface area contributed by atoms with E-state index >= 15 is 0 Å². The van der Waals surface area contributed by atoms with E-state index in [-0.39, 0.29) is 5.91 Å². The van der Waals surface area contributed by atoms with Gasteiger partial charge in [-0.1, -0.05) is 39.7 Å². The van der Waals surface area contributed by atoms with E-state index in [1.165, 1.54) is 0 Å². The molecule has 0 aliphatic rings. The van der Waals surface area contributed by atoms with Crippen LogP contribution in [0.25, 0.3) is 0 Å². The van der Waals surface area contributed by atoms with Crippen LogP contribution in [0.5, 0.6) is 5.75 Å². The fourth-order valence-corrected chi connectivity index (χ4v) is 2.08. The first kappa shape index (κ1) is 14.6. The maximum absolute atomic E-state index is 12.0. The van der Waals surface area contributed by atoms with Gasteiger partial charge in [0.25, 0.3) is 5.91 Å². The van der Waals surface area contributed by atoms with Crippen LogP contribution in [-0.2, 0) is 4.79 Å². The molecule has 0 aliphatic carbocycles. The Balaban J connectivity index is 1.96. The van der Waals surface area contributed by atoms with Gasteiger partial charge >= 0.3 is 0 Å². The van der Waals surface area contributed by atoms with Gasteiger partial charge in [0.15, 0.2) is 6.10 Å². The molecule has 4 heteroatoms. The molecule has 20 heavy (non-hydrogen) atoms. The lowest BCUT2D eigenvalue weighted by Gasteiger charge is -2.15. The van der Waals surface area contributed by atoms with Gasteiger partial charge in [0.1, 0.15) is 5.75 Å². The van der Waals surface area contributed by atoms with Gasteiger partial charge in [-0.2, -0.15) is 0 Å². The van der Waals surface area contributed by atoms with Crippen LogP contribution in [0.4, 0.5) is 5.69 Å². The summed E-state index contributed by atoms with van der Waals surface area (Å²) in [7, 11) is 0. The highest BCUT2D eigenvalue weighted by atomic mass is 79.9. The summed E-state index contributed by atoms with van der Waals surface area (Å²) in [5, 5.41) is 2.82. The summed E-state index contributed by atoms with van der Waals surface area (Å²) in [4.78, 5) is 12.0. The number of amides is 1. The smallest absolute Gasteiger partial charge is 0.265 e. The van der Waals surface area contributed by atoms with E-state index in [0.29, 0.717) is 5.75 Å². The standard InChI is InChI=1S/C16H16BrNO2/c1-11-6-8-15(9-7-11)20-12(2)16(19)18-14-5-3-4-13(17)10-14/h3-10,12H,1-2H3,(H,18,19)/t12-/m0/s1. The van der Waals surface area contributed by atoms with Crippen LogP contribution < -0.4 is 10.1 Å². The molecule has 0 aromatic heterocycles. The molecule has 0 saturated carbocycles. The maximum Gasteiger partial charge on any atom is 0.265 e. The van der Waals surface area contributed by atoms with E-state index in [0.717, 1.165) is 15.7 Å². The van der Waals surface area contributed by atoms with Crippen molar-refractivity contribution in [3.63, 3.8) is 0 Å². The van der Waals surface area contributed by atoms with Crippen LogP contribution >= 0.6 is 15.9 Å². The molecule has 0 spiro atoms. The van der Waals surface area contributed by atoms with Gasteiger partial charge in [-0.15, -0.1) is 0 Å². The summed E-state index contributed by atoms with van der Waals surface area (Å²) in [5.74, 6) is 0.510. The number of halogens is 1. The number of ether oxygens (including phenoxy) is 1. The minimum Gasteiger partial charge on any atom is -0.481 e. The summed E-state index contributed by atoms with van der Waals surface area (Å²) >= 11 is 3.37. The van der Waals surface area contributed by atoms with Crippen molar-refractivity contribution < 1.29 is 9.53 Å². The zero-order valence-corrected chi connectivity index (χ0v) is 13.0. The predicted molar refractivity (Wildman–Crippen MR) is 84.0 cm³/mol. The fraction of sp³-hybridized carbons (Fsp3) is 0.188. The SMILES string of the molecule is Cc1ccc(O[C@@H](C)C(=O)Nc2cccc(Br)c2)cc1. The second kappa shape index (κ2) is 6.57. The normalized spacial score (nSPS) is 11.8. The van der Waals surface area contributed by atoms with Crippen molar-refractivity contribution in [2.45, 2.75) is 20.0 Å². The van der Waals surface area contributed by atoms with Crippen LogP contribution in [0, 0.1) is 6.92 Å². The number of benzene rings is 2. The van der Waals surface area contributed by atoms with E-state index in [1.54, 1.807) is 6.92 Å². The molecular weight excluding hydrogens is 318 g/mol. The van der Waals surface area contributed by atoms with Gasteiger partial charge in [-0.25, -0.2) is 0 Å². The van der Waals surface area contributed by atoms with Gasteiger partial charge in [0.2, 0.25) is 0 Å². The third-order valence-corrected chi connectivity index (χ3v) is 3.29. The number of hydrogen-bond donors (Lipinski definition) is 1.